The van der Waals surface area contributed by atoms with E-state index in [1.807, 2.05) is 6.92 Å². The van der Waals surface area contributed by atoms with E-state index in [9.17, 15) is 0 Å². The van der Waals surface area contributed by atoms with E-state index in [1.165, 1.54) is 0 Å². The van der Waals surface area contributed by atoms with Crippen molar-refractivity contribution in [1.82, 2.24) is 14.8 Å². The lowest BCUT2D eigenvalue weighted by atomic mass is 10.3. The summed E-state index contributed by atoms with van der Waals surface area (Å²) in [6.07, 6.45) is 5.47. The Kier molecular flexibility index (Phi) is 2.88. The Hall–Kier alpha value is -1.86. The van der Waals surface area contributed by atoms with E-state index in [2.05, 4.69) is 16.2 Å². The normalized spacial score (nSPS) is 10.1. The standard InChI is InChI=1S/C11H9ClN4/c1-8-5-14-11(4-10(8)12)16-7-9(2-3-13)6-15-16/h4-7H,2H2,1H3. The molecule has 0 amide bonds. The fourth-order valence-electron chi connectivity index (χ4n) is 1.28. The van der Waals surface area contributed by atoms with Crippen LogP contribution in [0.15, 0.2) is 24.7 Å². The van der Waals surface area contributed by atoms with Crippen molar-refractivity contribution in [3.8, 4) is 11.9 Å². The molecule has 4 nitrogen and oxygen atoms in total. The second kappa shape index (κ2) is 4.33. The van der Waals surface area contributed by atoms with E-state index in [0.717, 1.165) is 11.1 Å². The molecule has 5 heteroatoms. The Morgan fingerprint density at radius 1 is 1.50 bits per heavy atom. The number of aromatic nitrogens is 3. The van der Waals surface area contributed by atoms with Crippen LogP contribution < -0.4 is 0 Å². The summed E-state index contributed by atoms with van der Waals surface area (Å²) in [5.74, 6) is 0.653. The van der Waals surface area contributed by atoms with Crippen molar-refractivity contribution in [3.63, 3.8) is 0 Å². The summed E-state index contributed by atoms with van der Waals surface area (Å²) in [7, 11) is 0. The highest BCUT2D eigenvalue weighted by atomic mass is 35.5. The Morgan fingerprint density at radius 2 is 2.31 bits per heavy atom. The molecular formula is C11H9ClN4. The molecule has 0 radical (unpaired) electrons. The summed E-state index contributed by atoms with van der Waals surface area (Å²) in [5, 5.41) is 13.3. The largest absolute Gasteiger partial charge is 0.237 e. The average Bonchev–Trinajstić information content (AvgIpc) is 2.71. The van der Waals surface area contributed by atoms with Crippen LogP contribution in [-0.2, 0) is 6.42 Å². The number of rotatable bonds is 2. The molecule has 2 aromatic heterocycles. The van der Waals surface area contributed by atoms with Crippen LogP contribution in [0.3, 0.4) is 0 Å². The van der Waals surface area contributed by atoms with Crippen molar-refractivity contribution in [2.75, 3.05) is 0 Å². The molecule has 2 heterocycles. The van der Waals surface area contributed by atoms with E-state index < -0.39 is 0 Å². The first-order valence-electron chi connectivity index (χ1n) is 4.73. The van der Waals surface area contributed by atoms with Gasteiger partial charge >= 0.3 is 0 Å². The van der Waals surface area contributed by atoms with Gasteiger partial charge in [-0.3, -0.25) is 0 Å². The van der Waals surface area contributed by atoms with Crippen LogP contribution >= 0.6 is 11.6 Å². The smallest absolute Gasteiger partial charge is 0.154 e. The Balaban J connectivity index is 2.36. The molecule has 0 aliphatic rings. The lowest BCUT2D eigenvalue weighted by Gasteiger charge is -2.02. The molecule has 80 valence electrons. The molecule has 0 bridgehead atoms. The maximum Gasteiger partial charge on any atom is 0.154 e. The van der Waals surface area contributed by atoms with Crippen LogP contribution in [0.4, 0.5) is 0 Å². The van der Waals surface area contributed by atoms with Gasteiger partial charge in [0.15, 0.2) is 5.82 Å². The minimum atomic E-state index is 0.347. The molecule has 0 fully saturated rings. The molecule has 0 spiro atoms. The van der Waals surface area contributed by atoms with Crippen molar-refractivity contribution < 1.29 is 0 Å². The summed E-state index contributed by atoms with van der Waals surface area (Å²) in [5.41, 5.74) is 1.79. The van der Waals surface area contributed by atoms with Gasteiger partial charge in [0.2, 0.25) is 0 Å². The van der Waals surface area contributed by atoms with Crippen molar-refractivity contribution >= 4 is 11.6 Å². The summed E-state index contributed by atoms with van der Waals surface area (Å²) >= 11 is 6.00. The van der Waals surface area contributed by atoms with Crippen LogP contribution in [-0.4, -0.2) is 14.8 Å². The van der Waals surface area contributed by atoms with Crippen LogP contribution in [0.25, 0.3) is 5.82 Å². The topological polar surface area (TPSA) is 54.5 Å². The molecule has 0 aliphatic carbocycles. The van der Waals surface area contributed by atoms with Gasteiger partial charge in [-0.25, -0.2) is 9.67 Å². The van der Waals surface area contributed by atoms with Gasteiger partial charge in [-0.1, -0.05) is 11.6 Å². The predicted molar refractivity (Wildman–Crippen MR) is 60.4 cm³/mol. The zero-order valence-corrected chi connectivity index (χ0v) is 9.44. The second-order valence-corrected chi connectivity index (χ2v) is 3.83. The van der Waals surface area contributed by atoms with E-state index in [1.54, 1.807) is 29.3 Å². The van der Waals surface area contributed by atoms with Crippen molar-refractivity contribution in [3.05, 3.63) is 40.8 Å². The highest BCUT2D eigenvalue weighted by molar-refractivity contribution is 6.31. The van der Waals surface area contributed by atoms with Gasteiger partial charge in [-0.15, -0.1) is 0 Å². The first kappa shape index (κ1) is 10.7. The van der Waals surface area contributed by atoms with Gasteiger partial charge in [0.1, 0.15) is 0 Å². The highest BCUT2D eigenvalue weighted by Gasteiger charge is 2.04. The third-order valence-corrected chi connectivity index (χ3v) is 2.58. The fourth-order valence-corrected chi connectivity index (χ4v) is 1.43. The number of halogens is 1. The molecule has 0 aliphatic heterocycles. The zero-order valence-electron chi connectivity index (χ0n) is 8.68. The van der Waals surface area contributed by atoms with E-state index in [-0.39, 0.29) is 0 Å². The molecular weight excluding hydrogens is 224 g/mol. The summed E-state index contributed by atoms with van der Waals surface area (Å²) < 4.78 is 1.61. The fraction of sp³-hybridized carbons (Fsp3) is 0.182. The van der Waals surface area contributed by atoms with Crippen LogP contribution in [0.1, 0.15) is 11.1 Å². The van der Waals surface area contributed by atoms with Gasteiger partial charge in [0.25, 0.3) is 0 Å². The number of hydrogen-bond acceptors (Lipinski definition) is 3. The molecule has 0 saturated heterocycles. The average molecular weight is 233 g/mol. The van der Waals surface area contributed by atoms with Gasteiger partial charge in [-0.05, 0) is 12.5 Å². The summed E-state index contributed by atoms with van der Waals surface area (Å²) in [6.45, 7) is 1.89. The van der Waals surface area contributed by atoms with Crippen LogP contribution in [0, 0.1) is 18.3 Å². The second-order valence-electron chi connectivity index (χ2n) is 3.42. The van der Waals surface area contributed by atoms with Crippen LogP contribution in [0.2, 0.25) is 5.02 Å². The summed E-state index contributed by atoms with van der Waals surface area (Å²) in [6, 6.07) is 3.82. The molecule has 16 heavy (non-hydrogen) atoms. The Morgan fingerprint density at radius 3 is 3.00 bits per heavy atom. The molecule has 2 aromatic rings. The third-order valence-electron chi connectivity index (χ3n) is 2.18. The minimum Gasteiger partial charge on any atom is -0.237 e. The van der Waals surface area contributed by atoms with Crippen molar-refractivity contribution in [1.29, 1.82) is 5.26 Å². The van der Waals surface area contributed by atoms with Crippen LogP contribution in [0.5, 0.6) is 0 Å². The van der Waals surface area contributed by atoms with Crippen molar-refractivity contribution in [2.24, 2.45) is 0 Å². The lowest BCUT2D eigenvalue weighted by Crippen LogP contribution is -1.98. The Labute approximate surface area is 98.1 Å². The van der Waals surface area contributed by atoms with Gasteiger partial charge < -0.3 is 0 Å². The van der Waals surface area contributed by atoms with Gasteiger partial charge in [-0.2, -0.15) is 10.4 Å². The molecule has 0 aromatic carbocycles. The maximum absolute atomic E-state index is 8.56. The van der Waals surface area contributed by atoms with Gasteiger partial charge in [0, 0.05) is 29.0 Å². The Bertz CT molecular complexity index is 553. The van der Waals surface area contributed by atoms with E-state index in [4.69, 9.17) is 16.9 Å². The number of aryl methyl sites for hydroxylation is 1. The number of hydrogen-bond donors (Lipinski definition) is 0. The minimum absolute atomic E-state index is 0.347. The first-order chi connectivity index (χ1) is 7.70. The van der Waals surface area contributed by atoms with E-state index in [0.29, 0.717) is 17.3 Å². The molecule has 2 rings (SSSR count). The third kappa shape index (κ3) is 2.05. The quantitative estimate of drug-likeness (QED) is 0.798. The predicted octanol–water partition coefficient (Wildman–Crippen LogP) is 2.30. The molecule has 0 unspecified atom stereocenters. The number of pyridine rings is 1. The van der Waals surface area contributed by atoms with E-state index >= 15 is 0 Å². The highest BCUT2D eigenvalue weighted by Crippen LogP contribution is 2.16. The SMILES string of the molecule is Cc1cnc(-n2cc(CC#N)cn2)cc1Cl. The number of nitriles is 1. The van der Waals surface area contributed by atoms with Gasteiger partial charge in [0.05, 0.1) is 18.7 Å². The zero-order chi connectivity index (χ0) is 11.5. The van der Waals surface area contributed by atoms with Crippen molar-refractivity contribution in [2.45, 2.75) is 13.3 Å². The maximum atomic E-state index is 8.56. The molecule has 0 atom stereocenters. The first-order valence-corrected chi connectivity index (χ1v) is 5.11. The lowest BCUT2D eigenvalue weighted by molar-refractivity contribution is 0.845. The number of nitrogens with zero attached hydrogens (tertiary/aromatic N) is 4. The molecule has 0 saturated carbocycles. The monoisotopic (exact) mass is 232 g/mol. The molecule has 0 N–H and O–H groups in total. The summed E-state index contributed by atoms with van der Waals surface area (Å²) in [4.78, 5) is 4.22.